The zero-order valence-corrected chi connectivity index (χ0v) is 10.3. The molecule has 0 aliphatic rings. The second-order valence-corrected chi connectivity index (χ2v) is 3.55. The maximum Gasteiger partial charge on any atom is 0.330 e. The van der Waals surface area contributed by atoms with Crippen LogP contribution in [0.1, 0.15) is 18.4 Å². The highest BCUT2D eigenvalue weighted by Crippen LogP contribution is 1.94. The number of carbonyl (C=O) groups is 1. The number of hydrogen-bond acceptors (Lipinski definition) is 4. The summed E-state index contributed by atoms with van der Waals surface area (Å²) in [5, 5.41) is 0. The van der Waals surface area contributed by atoms with Crippen molar-refractivity contribution in [2.75, 3.05) is 6.61 Å². The molecule has 0 N–H and O–H groups in total. The van der Waals surface area contributed by atoms with Crippen molar-refractivity contribution in [3.05, 3.63) is 40.1 Å². The molecule has 0 atom stereocenters. The second-order valence-electron chi connectivity index (χ2n) is 3.55. The Hall–Kier alpha value is -1.91. The standard InChI is InChI=1S/C12H16N2O3/c1-4-17-12(16)6-5-7-14-10(3)13-9(2)8-11(14)15/h5-6,8H,4,7H2,1-3H3/b6-5+. The molecule has 0 saturated carbocycles. The predicted octanol–water partition coefficient (Wildman–Crippen LogP) is 0.979. The Morgan fingerprint density at radius 3 is 2.82 bits per heavy atom. The summed E-state index contributed by atoms with van der Waals surface area (Å²) in [4.78, 5) is 26.9. The fourth-order valence-corrected chi connectivity index (χ4v) is 1.43. The Morgan fingerprint density at radius 2 is 2.24 bits per heavy atom. The first-order valence-electron chi connectivity index (χ1n) is 5.43. The van der Waals surface area contributed by atoms with Gasteiger partial charge in [-0.2, -0.15) is 0 Å². The number of aryl methyl sites for hydroxylation is 2. The fourth-order valence-electron chi connectivity index (χ4n) is 1.43. The van der Waals surface area contributed by atoms with Gasteiger partial charge >= 0.3 is 5.97 Å². The van der Waals surface area contributed by atoms with Crippen LogP contribution in [0, 0.1) is 13.8 Å². The van der Waals surface area contributed by atoms with Gasteiger partial charge < -0.3 is 4.74 Å². The van der Waals surface area contributed by atoms with E-state index in [1.165, 1.54) is 16.7 Å². The van der Waals surface area contributed by atoms with Crippen LogP contribution >= 0.6 is 0 Å². The zero-order valence-electron chi connectivity index (χ0n) is 10.3. The molecule has 1 heterocycles. The largest absolute Gasteiger partial charge is 0.463 e. The first-order chi connectivity index (χ1) is 8.04. The van der Waals surface area contributed by atoms with Crippen molar-refractivity contribution < 1.29 is 9.53 Å². The van der Waals surface area contributed by atoms with Gasteiger partial charge in [-0.15, -0.1) is 0 Å². The van der Waals surface area contributed by atoms with Crippen LogP contribution in [0.15, 0.2) is 23.0 Å². The molecule has 0 amide bonds. The minimum Gasteiger partial charge on any atom is -0.463 e. The maximum atomic E-state index is 11.6. The van der Waals surface area contributed by atoms with Crippen molar-refractivity contribution >= 4 is 5.97 Å². The summed E-state index contributed by atoms with van der Waals surface area (Å²) in [5.41, 5.74) is 0.571. The lowest BCUT2D eigenvalue weighted by Gasteiger charge is -2.06. The molecule has 1 aromatic heterocycles. The molecule has 0 bridgehead atoms. The van der Waals surface area contributed by atoms with Gasteiger partial charge in [0.15, 0.2) is 0 Å². The number of nitrogens with zero attached hydrogens (tertiary/aromatic N) is 2. The molecule has 0 saturated heterocycles. The number of esters is 1. The minimum atomic E-state index is -0.404. The van der Waals surface area contributed by atoms with E-state index in [9.17, 15) is 9.59 Å². The topological polar surface area (TPSA) is 61.2 Å². The molecule has 92 valence electrons. The monoisotopic (exact) mass is 236 g/mol. The summed E-state index contributed by atoms with van der Waals surface area (Å²) in [7, 11) is 0. The smallest absolute Gasteiger partial charge is 0.330 e. The van der Waals surface area contributed by atoms with E-state index in [2.05, 4.69) is 4.98 Å². The van der Waals surface area contributed by atoms with Crippen LogP contribution in [-0.4, -0.2) is 22.1 Å². The van der Waals surface area contributed by atoms with Crippen molar-refractivity contribution in [3.63, 3.8) is 0 Å². The molecule has 0 aliphatic carbocycles. The number of hydrogen-bond donors (Lipinski definition) is 0. The Labute approximate surface area is 99.7 Å². The van der Waals surface area contributed by atoms with Crippen molar-refractivity contribution in [2.24, 2.45) is 0 Å². The van der Waals surface area contributed by atoms with Crippen molar-refractivity contribution in [1.82, 2.24) is 9.55 Å². The number of rotatable bonds is 4. The number of carbonyl (C=O) groups excluding carboxylic acids is 1. The van der Waals surface area contributed by atoms with Crippen LogP contribution in [0.5, 0.6) is 0 Å². The van der Waals surface area contributed by atoms with E-state index in [-0.39, 0.29) is 5.56 Å². The molecule has 0 aromatic carbocycles. The highest BCUT2D eigenvalue weighted by Gasteiger charge is 2.01. The van der Waals surface area contributed by atoms with E-state index >= 15 is 0 Å². The van der Waals surface area contributed by atoms with Crippen LogP contribution in [0.4, 0.5) is 0 Å². The Morgan fingerprint density at radius 1 is 1.53 bits per heavy atom. The molecule has 1 rings (SSSR count). The normalized spacial score (nSPS) is 10.8. The number of ether oxygens (including phenoxy) is 1. The van der Waals surface area contributed by atoms with Gasteiger partial charge in [0.05, 0.1) is 6.61 Å². The van der Waals surface area contributed by atoms with Gasteiger partial charge in [0, 0.05) is 24.4 Å². The Balaban J connectivity index is 2.77. The summed E-state index contributed by atoms with van der Waals surface area (Å²) in [6.45, 7) is 5.93. The first kappa shape index (κ1) is 13.2. The van der Waals surface area contributed by atoms with Crippen LogP contribution < -0.4 is 5.56 Å². The lowest BCUT2D eigenvalue weighted by Crippen LogP contribution is -2.23. The number of allylic oxidation sites excluding steroid dienone is 1. The molecule has 0 radical (unpaired) electrons. The molecule has 0 aliphatic heterocycles. The minimum absolute atomic E-state index is 0.122. The highest BCUT2D eigenvalue weighted by atomic mass is 16.5. The average Bonchev–Trinajstić information content (AvgIpc) is 2.22. The van der Waals surface area contributed by atoms with Gasteiger partial charge in [0.1, 0.15) is 5.82 Å². The predicted molar refractivity (Wildman–Crippen MR) is 63.7 cm³/mol. The lowest BCUT2D eigenvalue weighted by molar-refractivity contribution is -0.137. The fraction of sp³-hybridized carbons (Fsp3) is 0.417. The second kappa shape index (κ2) is 5.98. The summed E-state index contributed by atoms with van der Waals surface area (Å²) >= 11 is 0. The van der Waals surface area contributed by atoms with E-state index < -0.39 is 5.97 Å². The molecule has 5 heteroatoms. The van der Waals surface area contributed by atoms with Crippen LogP contribution in [0.3, 0.4) is 0 Å². The van der Waals surface area contributed by atoms with Gasteiger partial charge in [-0.1, -0.05) is 6.08 Å². The summed E-state index contributed by atoms with van der Waals surface area (Å²) in [6, 6.07) is 1.46. The van der Waals surface area contributed by atoms with Gasteiger partial charge in [-0.25, -0.2) is 9.78 Å². The summed E-state index contributed by atoms with van der Waals surface area (Å²) in [5.74, 6) is 0.224. The third kappa shape index (κ3) is 3.86. The van der Waals surface area contributed by atoms with Gasteiger partial charge in [0.2, 0.25) is 0 Å². The number of aromatic nitrogens is 2. The van der Waals surface area contributed by atoms with Crippen LogP contribution in [0.2, 0.25) is 0 Å². The van der Waals surface area contributed by atoms with Crippen LogP contribution in [-0.2, 0) is 16.1 Å². The Kier molecular flexibility index (Phi) is 4.63. The van der Waals surface area contributed by atoms with Crippen molar-refractivity contribution in [3.8, 4) is 0 Å². The zero-order chi connectivity index (χ0) is 12.8. The molecule has 17 heavy (non-hydrogen) atoms. The molecule has 1 aromatic rings. The van der Waals surface area contributed by atoms with Gasteiger partial charge in [0.25, 0.3) is 5.56 Å². The van der Waals surface area contributed by atoms with E-state index in [0.717, 1.165) is 0 Å². The van der Waals surface area contributed by atoms with Crippen molar-refractivity contribution in [2.45, 2.75) is 27.3 Å². The first-order valence-corrected chi connectivity index (χ1v) is 5.43. The molecule has 0 unspecified atom stereocenters. The average molecular weight is 236 g/mol. The maximum absolute atomic E-state index is 11.6. The van der Waals surface area contributed by atoms with Crippen LogP contribution in [0.25, 0.3) is 0 Å². The van der Waals surface area contributed by atoms with E-state index in [1.54, 1.807) is 26.8 Å². The lowest BCUT2D eigenvalue weighted by atomic mass is 10.4. The third-order valence-electron chi connectivity index (χ3n) is 2.16. The van der Waals surface area contributed by atoms with E-state index in [0.29, 0.717) is 24.7 Å². The quantitative estimate of drug-likeness (QED) is 0.577. The van der Waals surface area contributed by atoms with E-state index in [4.69, 9.17) is 4.74 Å². The summed E-state index contributed by atoms with van der Waals surface area (Å²) < 4.78 is 6.22. The van der Waals surface area contributed by atoms with Gasteiger partial charge in [-0.05, 0) is 20.8 Å². The summed E-state index contributed by atoms with van der Waals surface area (Å²) in [6.07, 6.45) is 2.90. The molecular formula is C12H16N2O3. The third-order valence-corrected chi connectivity index (χ3v) is 2.16. The molecule has 0 fully saturated rings. The van der Waals surface area contributed by atoms with Gasteiger partial charge in [-0.3, -0.25) is 9.36 Å². The van der Waals surface area contributed by atoms with Crippen molar-refractivity contribution in [1.29, 1.82) is 0 Å². The molecule has 5 nitrogen and oxygen atoms in total. The highest BCUT2D eigenvalue weighted by molar-refractivity contribution is 5.81. The molecule has 0 spiro atoms. The molecular weight excluding hydrogens is 220 g/mol. The Bertz CT molecular complexity index is 489. The SMILES string of the molecule is CCOC(=O)/C=C/Cn1c(C)nc(C)cc1=O. The van der Waals surface area contributed by atoms with E-state index in [1.807, 2.05) is 0 Å².